The van der Waals surface area contributed by atoms with Crippen LogP contribution in [-0.2, 0) is 0 Å². The van der Waals surface area contributed by atoms with E-state index >= 15 is 0 Å². The zero-order valence-electron chi connectivity index (χ0n) is 5.75. The van der Waals surface area contributed by atoms with Gasteiger partial charge in [-0.1, -0.05) is 6.08 Å². The molecule has 0 bridgehead atoms. The Hall–Kier alpha value is -0.920. The number of hydrogen-bond acceptors (Lipinski definition) is 2. The molecule has 52 valence electrons. The summed E-state index contributed by atoms with van der Waals surface area (Å²) < 4.78 is 0. The van der Waals surface area contributed by atoms with E-state index in [0.29, 0.717) is 6.04 Å². The number of hydrazine groups is 1. The first-order valence-electron chi connectivity index (χ1n) is 3.58. The molecule has 10 heavy (non-hydrogen) atoms. The van der Waals surface area contributed by atoms with Gasteiger partial charge in [-0.25, -0.2) is 0 Å². The molecule has 2 nitrogen and oxygen atoms in total. The second-order valence-electron chi connectivity index (χ2n) is 2.47. The molecule has 0 spiro atoms. The van der Waals surface area contributed by atoms with Crippen LogP contribution in [-0.4, -0.2) is 11.1 Å². The van der Waals surface area contributed by atoms with Crippen LogP contribution in [0.1, 0.15) is 12.8 Å². The van der Waals surface area contributed by atoms with Crippen molar-refractivity contribution in [2.75, 3.05) is 0 Å². The second kappa shape index (κ2) is 2.37. The minimum Gasteiger partial charge on any atom is -0.306 e. The molecule has 0 aromatic heterocycles. The van der Waals surface area contributed by atoms with E-state index in [-0.39, 0.29) is 0 Å². The van der Waals surface area contributed by atoms with Crippen LogP contribution in [0.5, 0.6) is 0 Å². The number of hydrogen-bond donors (Lipinski definition) is 1. The Bertz CT molecular complexity index is 172. The van der Waals surface area contributed by atoms with Gasteiger partial charge in [0.1, 0.15) is 0 Å². The average molecular weight is 134 g/mol. The summed E-state index contributed by atoms with van der Waals surface area (Å²) in [5.41, 5.74) is 3.10. The summed E-state index contributed by atoms with van der Waals surface area (Å²) in [5, 5.41) is 2.05. The lowest BCUT2D eigenvalue weighted by Crippen LogP contribution is -2.31. The van der Waals surface area contributed by atoms with Gasteiger partial charge in [0, 0.05) is 18.8 Å². The molecule has 0 aromatic carbocycles. The second-order valence-corrected chi connectivity index (χ2v) is 2.47. The molecule has 2 heteroatoms. The molecule has 0 fully saturated rings. The van der Waals surface area contributed by atoms with Crippen LogP contribution in [0.2, 0.25) is 0 Å². The molecule has 0 amide bonds. The van der Waals surface area contributed by atoms with E-state index in [2.05, 4.69) is 30.2 Å². The summed E-state index contributed by atoms with van der Waals surface area (Å²) in [5.74, 6) is 0. The van der Waals surface area contributed by atoms with Crippen LogP contribution in [0.4, 0.5) is 0 Å². The molecule has 0 aliphatic carbocycles. The molecular weight excluding hydrogens is 124 g/mol. The van der Waals surface area contributed by atoms with E-state index in [0.717, 1.165) is 12.8 Å². The summed E-state index contributed by atoms with van der Waals surface area (Å²) in [6, 6.07) is 0.360. The molecule has 2 aliphatic heterocycles. The molecule has 1 N–H and O–H groups in total. The number of nitrogens with zero attached hydrogens (tertiary/aromatic N) is 1. The highest BCUT2D eigenvalue weighted by atomic mass is 15.5. The van der Waals surface area contributed by atoms with Crippen molar-refractivity contribution in [2.24, 2.45) is 0 Å². The Morgan fingerprint density at radius 1 is 1.60 bits per heavy atom. The lowest BCUT2D eigenvalue weighted by molar-refractivity contribution is 0.316. The molecular formula is C8H10N2. The third-order valence-corrected chi connectivity index (χ3v) is 1.73. The molecule has 2 rings (SSSR count). The third kappa shape index (κ3) is 0.897. The van der Waals surface area contributed by atoms with Gasteiger partial charge >= 0.3 is 0 Å². The Morgan fingerprint density at radius 3 is 3.60 bits per heavy atom. The van der Waals surface area contributed by atoms with Crippen LogP contribution in [0.15, 0.2) is 24.6 Å². The van der Waals surface area contributed by atoms with E-state index in [1.807, 2.05) is 11.2 Å². The first-order chi connectivity index (χ1) is 4.97. The van der Waals surface area contributed by atoms with Gasteiger partial charge in [0.05, 0.1) is 6.04 Å². The summed E-state index contributed by atoms with van der Waals surface area (Å²) in [4.78, 5) is 0. The van der Waals surface area contributed by atoms with Crippen molar-refractivity contribution in [3.05, 3.63) is 31.0 Å². The minimum atomic E-state index is 0.360. The minimum absolute atomic E-state index is 0.360. The van der Waals surface area contributed by atoms with Gasteiger partial charge in [-0.15, -0.1) is 0 Å². The topological polar surface area (TPSA) is 15.3 Å². The largest absolute Gasteiger partial charge is 0.306 e. The van der Waals surface area contributed by atoms with Crippen molar-refractivity contribution in [3.63, 3.8) is 0 Å². The van der Waals surface area contributed by atoms with Crippen LogP contribution in [0.25, 0.3) is 0 Å². The Balaban J connectivity index is 2.10. The lowest BCUT2D eigenvalue weighted by Gasteiger charge is -2.19. The smallest absolute Gasteiger partial charge is 0.0763 e. The zero-order valence-corrected chi connectivity index (χ0v) is 5.75. The molecule has 0 saturated heterocycles. The molecule has 0 saturated carbocycles. The molecule has 1 atom stereocenters. The first kappa shape index (κ1) is 5.83. The molecule has 2 heterocycles. The monoisotopic (exact) mass is 134 g/mol. The first-order valence-corrected chi connectivity index (χ1v) is 3.58. The van der Waals surface area contributed by atoms with Crippen LogP contribution in [0, 0.1) is 6.42 Å². The maximum atomic E-state index is 3.36. The normalized spacial score (nSPS) is 29.6. The van der Waals surface area contributed by atoms with E-state index in [9.17, 15) is 0 Å². The van der Waals surface area contributed by atoms with Crippen LogP contribution >= 0.6 is 0 Å². The van der Waals surface area contributed by atoms with Crippen molar-refractivity contribution in [1.29, 1.82) is 0 Å². The van der Waals surface area contributed by atoms with Gasteiger partial charge in [-0.3, -0.25) is 5.01 Å². The number of rotatable bonds is 0. The van der Waals surface area contributed by atoms with Gasteiger partial charge in [-0.05, 0) is 18.9 Å². The SMILES string of the molecule is [C]1CCC=CN2NC=CC12. The quantitative estimate of drug-likeness (QED) is 0.533. The highest BCUT2D eigenvalue weighted by Gasteiger charge is 2.17. The third-order valence-electron chi connectivity index (χ3n) is 1.73. The predicted octanol–water partition coefficient (Wildman–Crippen LogP) is 1.08. The summed E-state index contributed by atoms with van der Waals surface area (Å²) in [7, 11) is 0. The maximum absolute atomic E-state index is 3.36. The van der Waals surface area contributed by atoms with E-state index < -0.39 is 0 Å². The zero-order chi connectivity index (χ0) is 6.81. The summed E-state index contributed by atoms with van der Waals surface area (Å²) in [6.07, 6.45) is 13.8. The van der Waals surface area contributed by atoms with Crippen LogP contribution in [0.3, 0.4) is 0 Å². The van der Waals surface area contributed by atoms with E-state index in [1.165, 1.54) is 0 Å². The summed E-state index contributed by atoms with van der Waals surface area (Å²) in [6.45, 7) is 0. The number of allylic oxidation sites excluding steroid dienone is 1. The Kier molecular flexibility index (Phi) is 1.38. The highest BCUT2D eigenvalue weighted by molar-refractivity contribution is 5.11. The molecule has 2 aliphatic rings. The van der Waals surface area contributed by atoms with Gasteiger partial charge < -0.3 is 5.43 Å². The maximum Gasteiger partial charge on any atom is 0.0763 e. The van der Waals surface area contributed by atoms with Gasteiger partial charge in [-0.2, -0.15) is 0 Å². The average Bonchev–Trinajstić information content (AvgIpc) is 2.28. The van der Waals surface area contributed by atoms with Crippen molar-refractivity contribution in [2.45, 2.75) is 18.9 Å². The fraction of sp³-hybridized carbons (Fsp3) is 0.375. The Labute approximate surface area is 61.2 Å². The van der Waals surface area contributed by atoms with E-state index in [1.54, 1.807) is 0 Å². The molecule has 0 aromatic rings. The molecule has 2 radical (unpaired) electrons. The summed E-state index contributed by atoms with van der Waals surface area (Å²) >= 11 is 0. The molecule has 1 unspecified atom stereocenters. The predicted molar refractivity (Wildman–Crippen MR) is 39.5 cm³/mol. The van der Waals surface area contributed by atoms with Gasteiger partial charge in [0.25, 0.3) is 0 Å². The van der Waals surface area contributed by atoms with E-state index in [4.69, 9.17) is 0 Å². The fourth-order valence-corrected chi connectivity index (χ4v) is 1.20. The van der Waals surface area contributed by atoms with Gasteiger partial charge in [0.15, 0.2) is 0 Å². The number of fused-ring (bicyclic) bond motifs is 1. The fourth-order valence-electron chi connectivity index (χ4n) is 1.20. The van der Waals surface area contributed by atoms with Crippen molar-refractivity contribution in [3.8, 4) is 0 Å². The van der Waals surface area contributed by atoms with Gasteiger partial charge in [0.2, 0.25) is 0 Å². The van der Waals surface area contributed by atoms with Crippen LogP contribution < -0.4 is 5.43 Å². The van der Waals surface area contributed by atoms with Crippen molar-refractivity contribution >= 4 is 0 Å². The lowest BCUT2D eigenvalue weighted by atomic mass is 10.1. The van der Waals surface area contributed by atoms with Crippen molar-refractivity contribution in [1.82, 2.24) is 10.4 Å². The standard InChI is InChI=1S/C8H10N2/c1-2-4-8-5-6-9-10(8)7-3-1/h3,5-9H,1-2H2. The number of nitrogens with one attached hydrogen (secondary N) is 1. The van der Waals surface area contributed by atoms with Crippen molar-refractivity contribution < 1.29 is 0 Å². The highest BCUT2D eigenvalue weighted by Crippen LogP contribution is 2.15. The Morgan fingerprint density at radius 2 is 2.60 bits per heavy atom.